The average Bonchev–Trinajstić information content (AvgIpc) is 2.53. The molecule has 0 aromatic carbocycles. The van der Waals surface area contributed by atoms with Crippen LogP contribution in [0.4, 0.5) is 0 Å². The number of primary amides is 1. The molecule has 0 saturated carbocycles. The van der Waals surface area contributed by atoms with Gasteiger partial charge in [0.2, 0.25) is 23.6 Å². The zero-order valence-corrected chi connectivity index (χ0v) is 15.4. The van der Waals surface area contributed by atoms with Gasteiger partial charge in [0.15, 0.2) is 0 Å². The second-order valence-corrected chi connectivity index (χ2v) is 6.23. The van der Waals surface area contributed by atoms with Crippen molar-refractivity contribution >= 4 is 42.2 Å². The molecule has 0 saturated heterocycles. The van der Waals surface area contributed by atoms with Crippen molar-refractivity contribution in [3.8, 4) is 0 Å². The van der Waals surface area contributed by atoms with E-state index >= 15 is 0 Å². The number of amides is 4. The van der Waals surface area contributed by atoms with Gasteiger partial charge in [0.05, 0.1) is 12.5 Å². The van der Waals surface area contributed by atoms with Gasteiger partial charge in [-0.1, -0.05) is 13.8 Å². The number of nitrogens with one attached hydrogen (secondary N) is 3. The van der Waals surface area contributed by atoms with Gasteiger partial charge in [-0.3, -0.25) is 24.0 Å². The maximum Gasteiger partial charge on any atom is 0.322 e. The number of hydrogen-bond acceptors (Lipinski definition) is 7. The van der Waals surface area contributed by atoms with Gasteiger partial charge >= 0.3 is 5.97 Å². The highest BCUT2D eigenvalue weighted by atomic mass is 32.1. The minimum atomic E-state index is -1.23. The third-order valence-electron chi connectivity index (χ3n) is 3.23. The van der Waals surface area contributed by atoms with E-state index in [-0.39, 0.29) is 18.1 Å². The minimum Gasteiger partial charge on any atom is -0.480 e. The Morgan fingerprint density at radius 1 is 1.04 bits per heavy atom. The van der Waals surface area contributed by atoms with Crippen molar-refractivity contribution in [3.63, 3.8) is 0 Å². The molecule has 8 N–H and O–H groups in total. The molecule has 0 heterocycles. The van der Waals surface area contributed by atoms with E-state index in [2.05, 4.69) is 28.6 Å². The molecule has 0 rings (SSSR count). The normalized spacial score (nSPS) is 14.0. The number of carboxylic acids is 1. The molecule has 148 valence electrons. The standard InChI is InChI=1S/C14H25N5O6S/c1-6(2)11(14(25)17-4-10(21)22)19-13(24)8(5-26)18-12(23)7(15)3-9(16)20/h6-8,11,26H,3-5,15H2,1-2H3,(H2,16,20)(H,17,25)(H,18,23)(H,19,24)(H,21,22). The summed E-state index contributed by atoms with van der Waals surface area (Å²) >= 11 is 3.98. The number of nitrogens with two attached hydrogens (primary N) is 2. The quantitative estimate of drug-likeness (QED) is 0.182. The van der Waals surface area contributed by atoms with Crippen molar-refractivity contribution in [3.05, 3.63) is 0 Å². The first-order chi connectivity index (χ1) is 12.0. The number of hydrogen-bond donors (Lipinski definition) is 7. The van der Waals surface area contributed by atoms with E-state index in [0.717, 1.165) is 0 Å². The molecule has 11 nitrogen and oxygen atoms in total. The predicted molar refractivity (Wildman–Crippen MR) is 95.0 cm³/mol. The first kappa shape index (κ1) is 23.7. The average molecular weight is 391 g/mol. The van der Waals surface area contributed by atoms with Gasteiger partial charge < -0.3 is 32.5 Å². The number of carboxylic acid groups (broad SMARTS) is 1. The number of thiol groups is 1. The molecule has 3 unspecified atom stereocenters. The Balaban J connectivity index is 4.92. The van der Waals surface area contributed by atoms with Crippen LogP contribution >= 0.6 is 12.6 Å². The molecule has 0 aromatic heterocycles. The van der Waals surface area contributed by atoms with Crippen LogP contribution in [0.2, 0.25) is 0 Å². The van der Waals surface area contributed by atoms with E-state index < -0.39 is 54.3 Å². The molecule has 0 radical (unpaired) electrons. The number of aliphatic carboxylic acids is 1. The molecule has 4 amide bonds. The van der Waals surface area contributed by atoms with Crippen LogP contribution in [0.25, 0.3) is 0 Å². The van der Waals surface area contributed by atoms with Crippen molar-refractivity contribution in [2.45, 2.75) is 38.4 Å². The lowest BCUT2D eigenvalue weighted by molar-refractivity contribution is -0.138. The van der Waals surface area contributed by atoms with Gasteiger partial charge in [-0.2, -0.15) is 12.6 Å². The van der Waals surface area contributed by atoms with E-state index in [1.807, 2.05) is 0 Å². The summed E-state index contributed by atoms with van der Waals surface area (Å²) < 4.78 is 0. The minimum absolute atomic E-state index is 0.0948. The van der Waals surface area contributed by atoms with Crippen LogP contribution in [0.15, 0.2) is 0 Å². The highest BCUT2D eigenvalue weighted by Crippen LogP contribution is 2.03. The Bertz CT molecular complexity index is 556. The molecule has 0 aliphatic carbocycles. The Labute approximate surface area is 156 Å². The first-order valence-corrected chi connectivity index (χ1v) is 8.37. The molecule has 0 bridgehead atoms. The molecule has 0 aromatic rings. The number of carbonyl (C=O) groups is 5. The van der Waals surface area contributed by atoms with Crippen LogP contribution in [0.1, 0.15) is 20.3 Å². The van der Waals surface area contributed by atoms with Crippen molar-refractivity contribution < 1.29 is 29.1 Å². The molecule has 12 heteroatoms. The molecule has 26 heavy (non-hydrogen) atoms. The topological polar surface area (TPSA) is 194 Å². The molecular weight excluding hydrogens is 366 g/mol. The van der Waals surface area contributed by atoms with Crippen LogP contribution in [-0.2, 0) is 24.0 Å². The Morgan fingerprint density at radius 3 is 2.04 bits per heavy atom. The summed E-state index contributed by atoms with van der Waals surface area (Å²) in [7, 11) is 0. The van der Waals surface area contributed by atoms with E-state index in [1.54, 1.807) is 13.8 Å². The first-order valence-electron chi connectivity index (χ1n) is 7.74. The summed E-state index contributed by atoms with van der Waals surface area (Å²) in [6.07, 6.45) is -0.390. The largest absolute Gasteiger partial charge is 0.480 e. The molecule has 3 atom stereocenters. The smallest absolute Gasteiger partial charge is 0.322 e. The molecular formula is C14H25N5O6S. The maximum atomic E-state index is 12.3. The predicted octanol–water partition coefficient (Wildman–Crippen LogP) is -3.05. The SMILES string of the molecule is CC(C)C(NC(=O)C(CS)NC(=O)C(N)CC(N)=O)C(=O)NCC(=O)O. The Kier molecular flexibility index (Phi) is 10.3. The Morgan fingerprint density at radius 2 is 1.62 bits per heavy atom. The maximum absolute atomic E-state index is 12.3. The molecule has 0 aliphatic heterocycles. The summed E-state index contributed by atoms with van der Waals surface area (Å²) in [5.74, 6) is -4.59. The zero-order chi connectivity index (χ0) is 20.4. The third kappa shape index (κ3) is 8.67. The summed E-state index contributed by atoms with van der Waals surface area (Å²) in [5, 5.41) is 15.5. The molecule has 0 spiro atoms. The van der Waals surface area contributed by atoms with Crippen LogP contribution in [0.5, 0.6) is 0 Å². The number of carbonyl (C=O) groups excluding carboxylic acids is 4. The van der Waals surface area contributed by atoms with Crippen molar-refractivity contribution in [2.24, 2.45) is 17.4 Å². The lowest BCUT2D eigenvalue weighted by Gasteiger charge is -2.25. The fourth-order valence-corrected chi connectivity index (χ4v) is 2.10. The van der Waals surface area contributed by atoms with Gasteiger partial charge in [0.1, 0.15) is 18.6 Å². The van der Waals surface area contributed by atoms with Crippen molar-refractivity contribution in [1.82, 2.24) is 16.0 Å². The van der Waals surface area contributed by atoms with Gasteiger partial charge in [0, 0.05) is 5.75 Å². The highest BCUT2D eigenvalue weighted by molar-refractivity contribution is 7.80. The van der Waals surface area contributed by atoms with Gasteiger partial charge in [-0.05, 0) is 5.92 Å². The second-order valence-electron chi connectivity index (χ2n) is 5.86. The Hall–Kier alpha value is -2.34. The van der Waals surface area contributed by atoms with Crippen molar-refractivity contribution in [2.75, 3.05) is 12.3 Å². The number of rotatable bonds is 11. The summed E-state index contributed by atoms with van der Waals surface area (Å²) in [6, 6.07) is -3.35. The van der Waals surface area contributed by atoms with E-state index in [1.165, 1.54) is 0 Å². The summed E-state index contributed by atoms with van der Waals surface area (Å²) in [6.45, 7) is 2.72. The second kappa shape index (κ2) is 11.3. The lowest BCUT2D eigenvalue weighted by atomic mass is 10.0. The van der Waals surface area contributed by atoms with E-state index in [9.17, 15) is 24.0 Å². The van der Waals surface area contributed by atoms with Gasteiger partial charge in [-0.25, -0.2) is 0 Å². The van der Waals surface area contributed by atoms with Crippen LogP contribution < -0.4 is 27.4 Å². The zero-order valence-electron chi connectivity index (χ0n) is 14.5. The summed E-state index contributed by atoms with van der Waals surface area (Å²) in [5.41, 5.74) is 10.5. The molecule has 0 aliphatic rings. The van der Waals surface area contributed by atoms with E-state index in [4.69, 9.17) is 16.6 Å². The summed E-state index contributed by atoms with van der Waals surface area (Å²) in [4.78, 5) is 57.5. The van der Waals surface area contributed by atoms with Crippen LogP contribution in [0, 0.1) is 5.92 Å². The fraction of sp³-hybridized carbons (Fsp3) is 0.643. The highest BCUT2D eigenvalue weighted by Gasteiger charge is 2.29. The third-order valence-corrected chi connectivity index (χ3v) is 3.60. The van der Waals surface area contributed by atoms with E-state index in [0.29, 0.717) is 0 Å². The lowest BCUT2D eigenvalue weighted by Crippen LogP contribution is -2.58. The van der Waals surface area contributed by atoms with Gasteiger partial charge in [-0.15, -0.1) is 0 Å². The monoisotopic (exact) mass is 391 g/mol. The van der Waals surface area contributed by atoms with Crippen LogP contribution in [0.3, 0.4) is 0 Å². The van der Waals surface area contributed by atoms with Crippen LogP contribution in [-0.4, -0.2) is 65.1 Å². The van der Waals surface area contributed by atoms with Gasteiger partial charge in [0.25, 0.3) is 0 Å². The van der Waals surface area contributed by atoms with Crippen molar-refractivity contribution in [1.29, 1.82) is 0 Å². The molecule has 0 fully saturated rings. The fourth-order valence-electron chi connectivity index (χ4n) is 1.84.